The molecule has 1 atom stereocenters. The Labute approximate surface area is 94.2 Å². The molecule has 2 N–H and O–H groups in total. The van der Waals surface area contributed by atoms with Crippen LogP contribution in [0.25, 0.3) is 0 Å². The number of hydrogen-bond acceptors (Lipinski definition) is 4. The molecule has 3 nitrogen and oxygen atoms in total. The number of Topliss-reactive ketones (excluding diaryl/α,β-unsaturated/α-hetero) is 1. The van der Waals surface area contributed by atoms with E-state index in [2.05, 4.69) is 0 Å². The van der Waals surface area contributed by atoms with E-state index in [1.54, 1.807) is 18.4 Å². The van der Waals surface area contributed by atoms with Gasteiger partial charge in [0.2, 0.25) is 0 Å². The van der Waals surface area contributed by atoms with Gasteiger partial charge in [0, 0.05) is 29.5 Å². The maximum absolute atomic E-state index is 11.8. The van der Waals surface area contributed by atoms with Gasteiger partial charge in [-0.1, -0.05) is 0 Å². The van der Waals surface area contributed by atoms with Crippen LogP contribution in [0.15, 0.2) is 11.4 Å². The number of carbonyl (C=O) groups is 1. The van der Waals surface area contributed by atoms with E-state index in [4.69, 9.17) is 10.5 Å². The smallest absolute Gasteiger partial charge is 0.180 e. The Morgan fingerprint density at radius 2 is 2.40 bits per heavy atom. The predicted octanol–water partition coefficient (Wildman–Crippen LogP) is 1.99. The fourth-order valence-corrected chi connectivity index (χ4v) is 2.06. The second kappa shape index (κ2) is 6.00. The maximum Gasteiger partial charge on any atom is 0.180 e. The Balaban J connectivity index is 2.46. The molecule has 0 bridgehead atoms. The molecular formula is C11H17NO2S. The van der Waals surface area contributed by atoms with E-state index in [0.29, 0.717) is 13.0 Å². The standard InChI is InChI=1S/C11H17NO2S/c1-8-6-9(7-15-8)11(13)10(12)4-3-5-14-2/h6-7,10H,3-5,12H2,1-2H3. The van der Waals surface area contributed by atoms with E-state index >= 15 is 0 Å². The van der Waals surface area contributed by atoms with Gasteiger partial charge in [-0.15, -0.1) is 11.3 Å². The molecule has 1 aromatic rings. The summed E-state index contributed by atoms with van der Waals surface area (Å²) in [7, 11) is 1.65. The molecule has 0 spiro atoms. The predicted molar refractivity (Wildman–Crippen MR) is 62.5 cm³/mol. The number of methoxy groups -OCH3 is 1. The topological polar surface area (TPSA) is 52.3 Å². The summed E-state index contributed by atoms with van der Waals surface area (Å²) in [6, 6.07) is 1.50. The summed E-state index contributed by atoms with van der Waals surface area (Å²) in [4.78, 5) is 12.9. The molecule has 0 aliphatic rings. The number of nitrogens with two attached hydrogens (primary N) is 1. The Hall–Kier alpha value is -0.710. The molecule has 1 unspecified atom stereocenters. The lowest BCUT2D eigenvalue weighted by atomic mass is 10.0. The first-order valence-corrected chi connectivity index (χ1v) is 5.87. The highest BCUT2D eigenvalue weighted by Gasteiger charge is 2.16. The summed E-state index contributed by atoms with van der Waals surface area (Å²) in [6.45, 7) is 2.64. The second-order valence-corrected chi connectivity index (χ2v) is 4.67. The van der Waals surface area contributed by atoms with Crippen LogP contribution in [0.1, 0.15) is 28.1 Å². The van der Waals surface area contributed by atoms with Gasteiger partial charge in [-0.3, -0.25) is 4.79 Å². The summed E-state index contributed by atoms with van der Waals surface area (Å²) in [5.74, 6) is 0.0375. The van der Waals surface area contributed by atoms with Crippen LogP contribution in [0.5, 0.6) is 0 Å². The fraction of sp³-hybridized carbons (Fsp3) is 0.545. The Bertz CT molecular complexity index is 322. The van der Waals surface area contributed by atoms with E-state index in [9.17, 15) is 4.79 Å². The molecular weight excluding hydrogens is 210 g/mol. The molecule has 0 amide bonds. The molecule has 0 radical (unpaired) electrons. The van der Waals surface area contributed by atoms with Gasteiger partial charge in [0.15, 0.2) is 5.78 Å². The van der Waals surface area contributed by atoms with Crippen LogP contribution in [0.2, 0.25) is 0 Å². The number of ether oxygens (including phenoxy) is 1. The first-order valence-electron chi connectivity index (χ1n) is 4.99. The van der Waals surface area contributed by atoms with Crippen molar-refractivity contribution >= 4 is 17.1 Å². The molecule has 0 aromatic carbocycles. The Morgan fingerprint density at radius 1 is 1.67 bits per heavy atom. The van der Waals surface area contributed by atoms with Crippen LogP contribution >= 0.6 is 11.3 Å². The number of hydrogen-bond donors (Lipinski definition) is 1. The number of ketones is 1. The zero-order valence-corrected chi connectivity index (χ0v) is 9.97. The fourth-order valence-electron chi connectivity index (χ4n) is 1.37. The van der Waals surface area contributed by atoms with Crippen LogP contribution in [0.3, 0.4) is 0 Å². The molecule has 0 saturated heterocycles. The normalized spacial score (nSPS) is 12.7. The largest absolute Gasteiger partial charge is 0.385 e. The molecule has 84 valence electrons. The maximum atomic E-state index is 11.8. The molecule has 0 saturated carbocycles. The lowest BCUT2D eigenvalue weighted by Gasteiger charge is -2.08. The van der Waals surface area contributed by atoms with Gasteiger partial charge in [0.1, 0.15) is 0 Å². The average Bonchev–Trinajstić information content (AvgIpc) is 2.64. The lowest BCUT2D eigenvalue weighted by Crippen LogP contribution is -2.30. The third kappa shape index (κ3) is 3.74. The van der Waals surface area contributed by atoms with Crippen molar-refractivity contribution in [3.63, 3.8) is 0 Å². The molecule has 1 rings (SSSR count). The number of thiophene rings is 1. The first kappa shape index (κ1) is 12.4. The van der Waals surface area contributed by atoms with Crippen LogP contribution < -0.4 is 5.73 Å². The molecule has 1 aromatic heterocycles. The van der Waals surface area contributed by atoms with Crippen molar-refractivity contribution in [1.29, 1.82) is 0 Å². The highest BCUT2D eigenvalue weighted by atomic mass is 32.1. The summed E-state index contributed by atoms with van der Waals surface area (Å²) in [6.07, 6.45) is 1.51. The average molecular weight is 227 g/mol. The van der Waals surface area contributed by atoms with Crippen molar-refractivity contribution in [2.75, 3.05) is 13.7 Å². The van der Waals surface area contributed by atoms with Crippen LogP contribution in [0.4, 0.5) is 0 Å². The zero-order chi connectivity index (χ0) is 11.3. The highest BCUT2D eigenvalue weighted by Crippen LogP contribution is 2.15. The first-order chi connectivity index (χ1) is 7.15. The van der Waals surface area contributed by atoms with E-state index in [1.165, 1.54) is 0 Å². The highest BCUT2D eigenvalue weighted by molar-refractivity contribution is 7.10. The Morgan fingerprint density at radius 3 is 2.93 bits per heavy atom. The van der Waals surface area contributed by atoms with Crippen molar-refractivity contribution in [2.45, 2.75) is 25.8 Å². The summed E-state index contributed by atoms with van der Waals surface area (Å²) < 4.78 is 4.92. The quantitative estimate of drug-likeness (QED) is 0.597. The van der Waals surface area contributed by atoms with E-state index in [0.717, 1.165) is 16.9 Å². The second-order valence-electron chi connectivity index (χ2n) is 3.55. The van der Waals surface area contributed by atoms with Gasteiger partial charge < -0.3 is 10.5 Å². The minimum atomic E-state index is -0.394. The minimum Gasteiger partial charge on any atom is -0.385 e. The van der Waals surface area contributed by atoms with Crippen LogP contribution in [-0.2, 0) is 4.74 Å². The minimum absolute atomic E-state index is 0.0375. The van der Waals surface area contributed by atoms with Crippen molar-refractivity contribution in [1.82, 2.24) is 0 Å². The number of aryl methyl sites for hydroxylation is 1. The monoisotopic (exact) mass is 227 g/mol. The molecule has 0 aliphatic carbocycles. The van der Waals surface area contributed by atoms with E-state index in [-0.39, 0.29) is 5.78 Å². The van der Waals surface area contributed by atoms with Gasteiger partial charge in [-0.2, -0.15) is 0 Å². The van der Waals surface area contributed by atoms with Gasteiger partial charge in [-0.25, -0.2) is 0 Å². The SMILES string of the molecule is COCCCC(N)C(=O)c1csc(C)c1. The van der Waals surface area contributed by atoms with E-state index in [1.807, 2.05) is 18.4 Å². The van der Waals surface area contributed by atoms with Gasteiger partial charge in [0.05, 0.1) is 6.04 Å². The van der Waals surface area contributed by atoms with Crippen molar-refractivity contribution in [2.24, 2.45) is 5.73 Å². The molecule has 0 aliphatic heterocycles. The third-order valence-corrected chi connectivity index (χ3v) is 3.08. The summed E-state index contributed by atoms with van der Waals surface area (Å²) in [5, 5.41) is 1.87. The van der Waals surface area contributed by atoms with Crippen molar-refractivity contribution < 1.29 is 9.53 Å². The number of carbonyl (C=O) groups excluding carboxylic acids is 1. The van der Waals surface area contributed by atoms with Gasteiger partial charge >= 0.3 is 0 Å². The number of rotatable bonds is 6. The van der Waals surface area contributed by atoms with Gasteiger partial charge in [0.25, 0.3) is 0 Å². The van der Waals surface area contributed by atoms with Gasteiger partial charge in [-0.05, 0) is 25.8 Å². The van der Waals surface area contributed by atoms with Crippen molar-refractivity contribution in [3.8, 4) is 0 Å². The van der Waals surface area contributed by atoms with E-state index < -0.39 is 6.04 Å². The third-order valence-electron chi connectivity index (χ3n) is 2.22. The zero-order valence-electron chi connectivity index (χ0n) is 9.16. The van der Waals surface area contributed by atoms with Crippen molar-refractivity contribution in [3.05, 3.63) is 21.9 Å². The molecule has 1 heterocycles. The lowest BCUT2D eigenvalue weighted by molar-refractivity contribution is 0.0951. The molecule has 0 fully saturated rings. The summed E-state index contributed by atoms with van der Waals surface area (Å²) >= 11 is 1.58. The Kier molecular flexibility index (Phi) is 4.94. The van der Waals surface area contributed by atoms with Crippen LogP contribution in [0, 0.1) is 6.92 Å². The summed E-state index contributed by atoms with van der Waals surface area (Å²) in [5.41, 5.74) is 6.54. The molecule has 4 heteroatoms. The van der Waals surface area contributed by atoms with Crippen LogP contribution in [-0.4, -0.2) is 25.5 Å². The molecule has 15 heavy (non-hydrogen) atoms.